The molecule has 0 radical (unpaired) electrons. The average Bonchev–Trinajstić information content (AvgIpc) is 2.60. The molecule has 25 heavy (non-hydrogen) atoms. The van der Waals surface area contributed by atoms with E-state index in [4.69, 9.17) is 9.47 Å². The summed E-state index contributed by atoms with van der Waals surface area (Å²) < 4.78 is 36.5. The van der Waals surface area contributed by atoms with Crippen LogP contribution >= 0.6 is 0 Å². The maximum atomic E-state index is 13.8. The first-order valence-corrected chi connectivity index (χ1v) is 7.47. The van der Waals surface area contributed by atoms with E-state index < -0.39 is 23.8 Å². The second-order valence-corrected chi connectivity index (χ2v) is 5.24. The third kappa shape index (κ3) is 5.00. The molecule has 2 aromatic carbocycles. The molecule has 0 heterocycles. The highest BCUT2D eigenvalue weighted by atomic mass is 19.1. The molecule has 1 N–H and O–H groups in total. The van der Waals surface area contributed by atoms with Gasteiger partial charge in [-0.3, -0.25) is 4.79 Å². The minimum atomic E-state index is -1.12. The molecule has 2 rings (SSSR count). The lowest BCUT2D eigenvalue weighted by Gasteiger charge is -2.14. The fourth-order valence-corrected chi connectivity index (χ4v) is 2.00. The molecule has 7 heteroatoms. The summed E-state index contributed by atoms with van der Waals surface area (Å²) in [5.41, 5.74) is 0.397. The smallest absolute Gasteiger partial charge is 0.341 e. The van der Waals surface area contributed by atoms with Crippen molar-refractivity contribution in [3.8, 4) is 5.75 Å². The highest BCUT2D eigenvalue weighted by Gasteiger charge is 2.21. The summed E-state index contributed by atoms with van der Waals surface area (Å²) in [5, 5.41) is 2.56. The minimum absolute atomic E-state index is 0.151. The van der Waals surface area contributed by atoms with Crippen LogP contribution in [0.2, 0.25) is 0 Å². The number of rotatable bonds is 6. The molecule has 0 saturated carbocycles. The molecule has 0 aliphatic rings. The topological polar surface area (TPSA) is 64.6 Å². The van der Waals surface area contributed by atoms with Gasteiger partial charge in [0, 0.05) is 12.6 Å². The lowest BCUT2D eigenvalue weighted by Crippen LogP contribution is -2.35. The Labute approximate surface area is 143 Å². The predicted molar refractivity (Wildman–Crippen MR) is 86.1 cm³/mol. The second-order valence-electron chi connectivity index (χ2n) is 5.24. The predicted octanol–water partition coefficient (Wildman–Crippen LogP) is 2.84. The van der Waals surface area contributed by atoms with Gasteiger partial charge in [-0.1, -0.05) is 12.1 Å². The third-order valence-electron chi connectivity index (χ3n) is 3.43. The molecule has 132 valence electrons. The number of hydrogen-bond acceptors (Lipinski definition) is 4. The summed E-state index contributed by atoms with van der Waals surface area (Å²) in [6, 6.07) is 9.29. The van der Waals surface area contributed by atoms with Crippen molar-refractivity contribution in [2.75, 3.05) is 7.11 Å². The van der Waals surface area contributed by atoms with E-state index in [9.17, 15) is 18.4 Å². The number of methoxy groups -OCH3 is 1. The number of esters is 1. The van der Waals surface area contributed by atoms with E-state index in [1.54, 1.807) is 0 Å². The van der Waals surface area contributed by atoms with E-state index in [-0.39, 0.29) is 23.7 Å². The van der Waals surface area contributed by atoms with Crippen molar-refractivity contribution >= 4 is 11.9 Å². The molecule has 0 aliphatic carbocycles. The van der Waals surface area contributed by atoms with Crippen molar-refractivity contribution in [2.45, 2.75) is 19.6 Å². The molecule has 0 bridgehead atoms. The molecular weight excluding hydrogens is 332 g/mol. The average molecular weight is 349 g/mol. The van der Waals surface area contributed by atoms with E-state index >= 15 is 0 Å². The van der Waals surface area contributed by atoms with Crippen LogP contribution in [0.5, 0.6) is 5.75 Å². The third-order valence-corrected chi connectivity index (χ3v) is 3.43. The largest absolute Gasteiger partial charge is 0.497 e. The monoisotopic (exact) mass is 349 g/mol. The van der Waals surface area contributed by atoms with E-state index in [0.717, 1.165) is 6.07 Å². The van der Waals surface area contributed by atoms with E-state index in [0.29, 0.717) is 5.56 Å². The van der Waals surface area contributed by atoms with Gasteiger partial charge in [-0.15, -0.1) is 0 Å². The van der Waals surface area contributed by atoms with Crippen LogP contribution in [-0.4, -0.2) is 25.1 Å². The van der Waals surface area contributed by atoms with Crippen molar-refractivity contribution in [3.63, 3.8) is 0 Å². The molecule has 0 saturated heterocycles. The first-order valence-electron chi connectivity index (χ1n) is 7.47. The van der Waals surface area contributed by atoms with Crippen LogP contribution in [0.4, 0.5) is 8.78 Å². The Morgan fingerprint density at radius 1 is 1.12 bits per heavy atom. The highest BCUT2D eigenvalue weighted by Crippen LogP contribution is 2.17. The summed E-state index contributed by atoms with van der Waals surface area (Å²) in [4.78, 5) is 23.9. The van der Waals surface area contributed by atoms with Gasteiger partial charge < -0.3 is 14.8 Å². The molecule has 2 aromatic rings. The van der Waals surface area contributed by atoms with E-state index in [1.165, 1.54) is 50.4 Å². The first kappa shape index (κ1) is 18.4. The number of halogens is 2. The summed E-state index contributed by atoms with van der Waals surface area (Å²) in [7, 11) is 1.38. The number of ether oxygens (including phenoxy) is 2. The van der Waals surface area contributed by atoms with Crippen LogP contribution in [0.15, 0.2) is 42.5 Å². The Balaban J connectivity index is 1.91. The summed E-state index contributed by atoms with van der Waals surface area (Å²) in [6.45, 7) is 1.53. The lowest BCUT2D eigenvalue weighted by atomic mass is 10.2. The Morgan fingerprint density at radius 3 is 2.40 bits per heavy atom. The van der Waals surface area contributed by atoms with Gasteiger partial charge in [0.1, 0.15) is 17.4 Å². The van der Waals surface area contributed by atoms with E-state index in [2.05, 4.69) is 5.32 Å². The van der Waals surface area contributed by atoms with Crippen LogP contribution < -0.4 is 10.1 Å². The second kappa shape index (κ2) is 8.23. The fourth-order valence-electron chi connectivity index (χ4n) is 2.00. The Hall–Kier alpha value is -2.96. The van der Waals surface area contributed by atoms with Crippen LogP contribution in [0, 0.1) is 11.6 Å². The Morgan fingerprint density at radius 2 is 1.80 bits per heavy atom. The zero-order chi connectivity index (χ0) is 18.4. The molecular formula is C18H17F2NO4. The number of carbonyl (C=O) groups is 2. The van der Waals surface area contributed by atoms with Crippen LogP contribution in [0.3, 0.4) is 0 Å². The standard InChI is InChI=1S/C18H17F2NO4/c1-11(17(22)21-10-12-3-5-13(19)6-4-12)25-18(23)15-8-7-14(24-2)9-16(15)20/h3-9,11H,10H2,1-2H3,(H,21,22)/t11-/m1/s1. The van der Waals surface area contributed by atoms with Crippen LogP contribution in [-0.2, 0) is 16.1 Å². The minimum Gasteiger partial charge on any atom is -0.497 e. The van der Waals surface area contributed by atoms with Crippen molar-refractivity contribution < 1.29 is 27.8 Å². The van der Waals surface area contributed by atoms with Crippen molar-refractivity contribution in [3.05, 3.63) is 65.2 Å². The van der Waals surface area contributed by atoms with Gasteiger partial charge in [-0.25, -0.2) is 13.6 Å². The molecule has 0 unspecified atom stereocenters. The number of carbonyl (C=O) groups excluding carboxylic acids is 2. The number of hydrogen-bond donors (Lipinski definition) is 1. The van der Waals surface area contributed by atoms with Gasteiger partial charge in [-0.2, -0.15) is 0 Å². The molecule has 1 atom stereocenters. The van der Waals surface area contributed by atoms with Gasteiger partial charge in [0.2, 0.25) is 0 Å². The molecule has 0 aliphatic heterocycles. The van der Waals surface area contributed by atoms with E-state index in [1.807, 2.05) is 0 Å². The normalized spacial score (nSPS) is 11.5. The summed E-state index contributed by atoms with van der Waals surface area (Å²) in [5.74, 6) is -2.42. The number of amides is 1. The molecule has 0 spiro atoms. The first-order chi connectivity index (χ1) is 11.9. The van der Waals surface area contributed by atoms with Crippen LogP contribution in [0.25, 0.3) is 0 Å². The van der Waals surface area contributed by atoms with Crippen molar-refractivity contribution in [1.29, 1.82) is 0 Å². The summed E-state index contributed by atoms with van der Waals surface area (Å²) >= 11 is 0. The van der Waals surface area contributed by atoms with Gasteiger partial charge >= 0.3 is 5.97 Å². The Kier molecular flexibility index (Phi) is 6.05. The molecule has 5 nitrogen and oxygen atoms in total. The van der Waals surface area contributed by atoms with Gasteiger partial charge in [0.25, 0.3) is 5.91 Å². The van der Waals surface area contributed by atoms with Gasteiger partial charge in [0.15, 0.2) is 6.10 Å². The number of nitrogens with one attached hydrogen (secondary N) is 1. The molecule has 0 fully saturated rings. The van der Waals surface area contributed by atoms with Gasteiger partial charge in [-0.05, 0) is 36.8 Å². The zero-order valence-electron chi connectivity index (χ0n) is 13.7. The van der Waals surface area contributed by atoms with Gasteiger partial charge in [0.05, 0.1) is 12.7 Å². The Bertz CT molecular complexity index is 762. The lowest BCUT2D eigenvalue weighted by molar-refractivity contribution is -0.129. The zero-order valence-corrected chi connectivity index (χ0v) is 13.7. The van der Waals surface area contributed by atoms with Crippen molar-refractivity contribution in [1.82, 2.24) is 5.32 Å². The quantitative estimate of drug-likeness (QED) is 0.815. The van der Waals surface area contributed by atoms with Crippen LogP contribution in [0.1, 0.15) is 22.8 Å². The molecule has 1 amide bonds. The highest BCUT2D eigenvalue weighted by molar-refractivity contribution is 5.92. The maximum Gasteiger partial charge on any atom is 0.341 e. The SMILES string of the molecule is COc1ccc(C(=O)O[C@H](C)C(=O)NCc2ccc(F)cc2)c(F)c1. The maximum absolute atomic E-state index is 13.8. The number of benzene rings is 2. The van der Waals surface area contributed by atoms with Crippen molar-refractivity contribution in [2.24, 2.45) is 0 Å². The fraction of sp³-hybridized carbons (Fsp3) is 0.222. The molecule has 0 aromatic heterocycles. The summed E-state index contributed by atoms with van der Waals surface area (Å²) in [6.07, 6.45) is -1.12.